The first-order chi connectivity index (χ1) is 8.90. The quantitative estimate of drug-likeness (QED) is 0.897. The van der Waals surface area contributed by atoms with E-state index in [1.807, 2.05) is 14.0 Å². The Labute approximate surface area is 127 Å². The van der Waals surface area contributed by atoms with Gasteiger partial charge in [0.25, 0.3) is 0 Å². The normalized spacial score (nSPS) is 10.8. The third-order valence-corrected chi connectivity index (χ3v) is 4.14. The lowest BCUT2D eigenvalue weighted by molar-refractivity contribution is 0.757. The number of hydrogen-bond donors (Lipinski definition) is 1. The van der Waals surface area contributed by atoms with Gasteiger partial charge >= 0.3 is 0 Å². The van der Waals surface area contributed by atoms with Crippen molar-refractivity contribution in [2.75, 3.05) is 5.32 Å². The molecule has 1 heterocycles. The molecule has 0 fully saturated rings. The zero-order chi connectivity index (χ0) is 14.2. The average Bonchev–Trinajstić information content (AvgIpc) is 2.53. The van der Waals surface area contributed by atoms with Gasteiger partial charge < -0.3 is 5.32 Å². The van der Waals surface area contributed by atoms with E-state index in [4.69, 9.17) is 11.6 Å². The van der Waals surface area contributed by atoms with Crippen LogP contribution in [-0.2, 0) is 13.6 Å². The highest BCUT2D eigenvalue weighted by Crippen LogP contribution is 2.27. The fourth-order valence-corrected chi connectivity index (χ4v) is 3.17. The molecule has 0 atom stereocenters. The summed E-state index contributed by atoms with van der Waals surface area (Å²) in [6.07, 6.45) is 0. The first-order valence-electron chi connectivity index (χ1n) is 6.08. The molecule has 2 aromatic rings. The summed E-state index contributed by atoms with van der Waals surface area (Å²) in [5.41, 5.74) is 5.59. The van der Waals surface area contributed by atoms with Gasteiger partial charge in [-0.25, -0.2) is 0 Å². The Hall–Kier alpha value is -1.00. The van der Waals surface area contributed by atoms with E-state index in [1.54, 1.807) is 4.68 Å². The molecule has 1 aromatic carbocycles. The van der Waals surface area contributed by atoms with E-state index in [0.29, 0.717) is 11.7 Å². The van der Waals surface area contributed by atoms with Crippen molar-refractivity contribution >= 4 is 33.2 Å². The summed E-state index contributed by atoms with van der Waals surface area (Å²) < 4.78 is 2.80. The van der Waals surface area contributed by atoms with Gasteiger partial charge in [-0.2, -0.15) is 5.10 Å². The molecule has 0 aliphatic heterocycles. The maximum absolute atomic E-state index is 6.24. The predicted octanol–water partition coefficient (Wildman–Crippen LogP) is 4.37. The van der Waals surface area contributed by atoms with Crippen LogP contribution in [-0.4, -0.2) is 9.78 Å². The molecule has 2 rings (SSSR count). The zero-order valence-corrected chi connectivity index (χ0v) is 13.9. The summed E-state index contributed by atoms with van der Waals surface area (Å²) in [6.45, 7) is 6.85. The monoisotopic (exact) mass is 341 g/mol. The SMILES string of the molecule is Cc1cc(Br)cc(C)c1NCc1c(C)nn(C)c1Cl. The van der Waals surface area contributed by atoms with E-state index in [0.717, 1.165) is 21.4 Å². The van der Waals surface area contributed by atoms with Crippen molar-refractivity contribution < 1.29 is 0 Å². The summed E-state index contributed by atoms with van der Waals surface area (Å²) in [5.74, 6) is 0. The number of halogens is 2. The van der Waals surface area contributed by atoms with Crippen LogP contribution >= 0.6 is 27.5 Å². The van der Waals surface area contributed by atoms with Gasteiger partial charge in [0, 0.05) is 29.3 Å². The van der Waals surface area contributed by atoms with Gasteiger partial charge in [0.2, 0.25) is 0 Å². The second kappa shape index (κ2) is 5.55. The Kier molecular flexibility index (Phi) is 4.21. The maximum atomic E-state index is 6.24. The van der Waals surface area contributed by atoms with Crippen molar-refractivity contribution in [1.29, 1.82) is 0 Å². The summed E-state index contributed by atoms with van der Waals surface area (Å²) in [7, 11) is 1.86. The van der Waals surface area contributed by atoms with Crippen molar-refractivity contribution in [2.24, 2.45) is 7.05 Å². The molecular formula is C14H17BrClN3. The number of aromatic nitrogens is 2. The lowest BCUT2D eigenvalue weighted by Gasteiger charge is -2.13. The smallest absolute Gasteiger partial charge is 0.131 e. The molecule has 0 bridgehead atoms. The van der Waals surface area contributed by atoms with Gasteiger partial charge in [-0.3, -0.25) is 4.68 Å². The van der Waals surface area contributed by atoms with Gasteiger partial charge in [0.05, 0.1) is 5.69 Å². The summed E-state index contributed by atoms with van der Waals surface area (Å²) in [6, 6.07) is 4.21. The van der Waals surface area contributed by atoms with Gasteiger partial charge in [0.15, 0.2) is 0 Å². The van der Waals surface area contributed by atoms with Crippen LogP contribution in [0.4, 0.5) is 5.69 Å². The Morgan fingerprint density at radius 2 is 1.84 bits per heavy atom. The molecule has 5 heteroatoms. The van der Waals surface area contributed by atoms with Crippen LogP contribution in [0.5, 0.6) is 0 Å². The Morgan fingerprint density at radius 1 is 1.26 bits per heavy atom. The molecule has 19 heavy (non-hydrogen) atoms. The third kappa shape index (κ3) is 2.95. The molecular weight excluding hydrogens is 326 g/mol. The fraction of sp³-hybridized carbons (Fsp3) is 0.357. The number of rotatable bonds is 3. The van der Waals surface area contributed by atoms with Crippen LogP contribution in [0.15, 0.2) is 16.6 Å². The van der Waals surface area contributed by atoms with E-state index in [9.17, 15) is 0 Å². The molecule has 1 N–H and O–H groups in total. The van der Waals surface area contributed by atoms with E-state index in [-0.39, 0.29) is 0 Å². The summed E-state index contributed by atoms with van der Waals surface area (Å²) in [4.78, 5) is 0. The van der Waals surface area contributed by atoms with Gasteiger partial charge in [-0.15, -0.1) is 0 Å². The molecule has 0 saturated carbocycles. The lowest BCUT2D eigenvalue weighted by atomic mass is 10.1. The second-order valence-electron chi connectivity index (χ2n) is 4.75. The number of anilines is 1. The van der Waals surface area contributed by atoms with Gasteiger partial charge in [-0.05, 0) is 44.0 Å². The predicted molar refractivity (Wildman–Crippen MR) is 83.9 cm³/mol. The van der Waals surface area contributed by atoms with Crippen LogP contribution in [0, 0.1) is 20.8 Å². The van der Waals surface area contributed by atoms with Crippen LogP contribution < -0.4 is 5.32 Å². The van der Waals surface area contributed by atoms with Crippen molar-refractivity contribution in [3.63, 3.8) is 0 Å². The number of aryl methyl sites for hydroxylation is 4. The third-order valence-electron chi connectivity index (χ3n) is 3.21. The first-order valence-corrected chi connectivity index (χ1v) is 7.26. The number of benzene rings is 1. The molecule has 3 nitrogen and oxygen atoms in total. The molecule has 1 aromatic heterocycles. The van der Waals surface area contributed by atoms with Crippen LogP contribution in [0.1, 0.15) is 22.4 Å². The minimum atomic E-state index is 0.682. The second-order valence-corrected chi connectivity index (χ2v) is 6.02. The van der Waals surface area contributed by atoms with Crippen molar-refractivity contribution in [3.8, 4) is 0 Å². The minimum absolute atomic E-state index is 0.682. The first kappa shape index (κ1) is 14.4. The van der Waals surface area contributed by atoms with Crippen LogP contribution in [0.25, 0.3) is 0 Å². The highest BCUT2D eigenvalue weighted by Gasteiger charge is 2.12. The highest BCUT2D eigenvalue weighted by atomic mass is 79.9. The maximum Gasteiger partial charge on any atom is 0.131 e. The largest absolute Gasteiger partial charge is 0.380 e. The Morgan fingerprint density at radius 3 is 2.32 bits per heavy atom. The van der Waals surface area contributed by atoms with Crippen LogP contribution in [0.3, 0.4) is 0 Å². The molecule has 102 valence electrons. The summed E-state index contributed by atoms with van der Waals surface area (Å²) >= 11 is 9.75. The van der Waals surface area contributed by atoms with E-state index < -0.39 is 0 Å². The van der Waals surface area contributed by atoms with Gasteiger partial charge in [-0.1, -0.05) is 27.5 Å². The van der Waals surface area contributed by atoms with E-state index in [1.165, 1.54) is 11.1 Å². The molecule has 0 aliphatic rings. The van der Waals surface area contributed by atoms with E-state index in [2.05, 4.69) is 52.3 Å². The number of nitrogens with zero attached hydrogens (tertiary/aromatic N) is 2. The molecule has 0 amide bonds. The summed E-state index contributed by atoms with van der Waals surface area (Å²) in [5, 5.41) is 8.47. The van der Waals surface area contributed by atoms with Crippen molar-refractivity contribution in [2.45, 2.75) is 27.3 Å². The zero-order valence-electron chi connectivity index (χ0n) is 11.5. The Bertz CT molecular complexity index is 596. The average molecular weight is 343 g/mol. The van der Waals surface area contributed by atoms with Crippen molar-refractivity contribution in [1.82, 2.24) is 9.78 Å². The molecule has 0 saturated heterocycles. The number of nitrogens with one attached hydrogen (secondary N) is 1. The van der Waals surface area contributed by atoms with Gasteiger partial charge in [0.1, 0.15) is 5.15 Å². The van der Waals surface area contributed by atoms with Crippen LogP contribution in [0.2, 0.25) is 5.15 Å². The number of hydrogen-bond acceptors (Lipinski definition) is 2. The van der Waals surface area contributed by atoms with Crippen molar-refractivity contribution in [3.05, 3.63) is 44.1 Å². The fourth-order valence-electron chi connectivity index (χ4n) is 2.24. The Balaban J connectivity index is 2.24. The lowest BCUT2D eigenvalue weighted by Crippen LogP contribution is -2.04. The molecule has 0 spiro atoms. The minimum Gasteiger partial charge on any atom is -0.380 e. The molecule has 0 aliphatic carbocycles. The highest BCUT2D eigenvalue weighted by molar-refractivity contribution is 9.10. The topological polar surface area (TPSA) is 29.9 Å². The standard InChI is InChI=1S/C14H17BrClN3/c1-8-5-11(15)6-9(2)13(8)17-7-12-10(3)18-19(4)14(12)16/h5-6,17H,7H2,1-4H3. The van der Waals surface area contributed by atoms with E-state index >= 15 is 0 Å². The molecule has 0 unspecified atom stereocenters. The molecule has 0 radical (unpaired) electrons.